The number of furan rings is 1. The molecular weight excluding hydrogens is 290 g/mol. The van der Waals surface area contributed by atoms with E-state index in [4.69, 9.17) is 4.42 Å². The molecule has 0 spiro atoms. The number of urea groups is 1. The van der Waals surface area contributed by atoms with E-state index in [0.29, 0.717) is 13.1 Å². The van der Waals surface area contributed by atoms with Crippen LogP contribution in [0.25, 0.3) is 0 Å². The van der Waals surface area contributed by atoms with Crippen molar-refractivity contribution in [2.45, 2.75) is 65.0 Å². The summed E-state index contributed by atoms with van der Waals surface area (Å²) in [5.74, 6) is 1.75. The molecule has 1 aromatic heterocycles. The Morgan fingerprint density at radius 1 is 1.26 bits per heavy atom. The molecule has 5 nitrogen and oxygen atoms in total. The van der Waals surface area contributed by atoms with E-state index in [1.807, 2.05) is 19.9 Å². The molecular formula is C18H31N3O2. The lowest BCUT2D eigenvalue weighted by molar-refractivity contribution is 0.189. The van der Waals surface area contributed by atoms with E-state index < -0.39 is 0 Å². The fourth-order valence-corrected chi connectivity index (χ4v) is 3.33. The van der Waals surface area contributed by atoms with Gasteiger partial charge in [0.05, 0.1) is 0 Å². The van der Waals surface area contributed by atoms with Crippen LogP contribution in [-0.4, -0.2) is 37.1 Å². The molecule has 1 heterocycles. The van der Waals surface area contributed by atoms with Gasteiger partial charge in [0.1, 0.15) is 11.5 Å². The zero-order valence-electron chi connectivity index (χ0n) is 14.8. The first-order chi connectivity index (χ1) is 11.1. The first-order valence-electron chi connectivity index (χ1n) is 8.84. The number of nitrogens with zero attached hydrogens (tertiary/aromatic N) is 1. The van der Waals surface area contributed by atoms with E-state index in [1.54, 1.807) is 0 Å². The summed E-state index contributed by atoms with van der Waals surface area (Å²) in [4.78, 5) is 14.3. The van der Waals surface area contributed by atoms with E-state index in [2.05, 4.69) is 22.6 Å². The summed E-state index contributed by atoms with van der Waals surface area (Å²) in [7, 11) is 2.21. The van der Waals surface area contributed by atoms with Crippen molar-refractivity contribution in [3.05, 3.63) is 23.2 Å². The Bertz CT molecular complexity index is 492. The van der Waals surface area contributed by atoms with E-state index >= 15 is 0 Å². The molecule has 1 aromatic rings. The minimum Gasteiger partial charge on any atom is -0.466 e. The molecule has 0 bridgehead atoms. The van der Waals surface area contributed by atoms with Crippen molar-refractivity contribution < 1.29 is 9.21 Å². The molecule has 5 heteroatoms. The predicted molar refractivity (Wildman–Crippen MR) is 92.5 cm³/mol. The van der Waals surface area contributed by atoms with Crippen LogP contribution in [-0.2, 0) is 6.54 Å². The molecule has 2 N–H and O–H groups in total. The van der Waals surface area contributed by atoms with E-state index in [0.717, 1.165) is 36.1 Å². The molecule has 23 heavy (non-hydrogen) atoms. The quantitative estimate of drug-likeness (QED) is 0.757. The smallest absolute Gasteiger partial charge is 0.315 e. The minimum absolute atomic E-state index is 0.108. The van der Waals surface area contributed by atoms with Gasteiger partial charge in [-0.25, -0.2) is 4.79 Å². The fraction of sp³-hybridized carbons (Fsp3) is 0.722. The van der Waals surface area contributed by atoms with Crippen LogP contribution in [0.2, 0.25) is 0 Å². The highest BCUT2D eigenvalue weighted by molar-refractivity contribution is 5.73. The van der Waals surface area contributed by atoms with Crippen LogP contribution in [0, 0.1) is 13.8 Å². The van der Waals surface area contributed by atoms with E-state index in [9.17, 15) is 4.79 Å². The Hall–Kier alpha value is -1.49. The monoisotopic (exact) mass is 321 g/mol. The lowest BCUT2D eigenvalue weighted by atomic mass is 9.94. The summed E-state index contributed by atoms with van der Waals surface area (Å²) in [6, 6.07) is 2.60. The van der Waals surface area contributed by atoms with Crippen LogP contribution >= 0.6 is 0 Å². The summed E-state index contributed by atoms with van der Waals surface area (Å²) in [6.45, 7) is 6.11. The molecule has 0 aliphatic heterocycles. The third-order valence-corrected chi connectivity index (χ3v) is 4.75. The second-order valence-corrected chi connectivity index (χ2v) is 6.67. The van der Waals surface area contributed by atoms with Crippen LogP contribution in [0.3, 0.4) is 0 Å². The first-order valence-corrected chi connectivity index (χ1v) is 8.84. The van der Waals surface area contributed by atoms with Gasteiger partial charge in [-0.15, -0.1) is 0 Å². The van der Waals surface area contributed by atoms with Crippen molar-refractivity contribution >= 4 is 6.03 Å². The number of amides is 2. The maximum absolute atomic E-state index is 11.8. The maximum atomic E-state index is 11.8. The number of aryl methyl sites for hydroxylation is 2. The van der Waals surface area contributed by atoms with Crippen LogP contribution in [0.5, 0.6) is 0 Å². The Labute approximate surface area is 139 Å². The molecule has 2 amide bonds. The zero-order chi connectivity index (χ0) is 16.7. The van der Waals surface area contributed by atoms with E-state index in [1.165, 1.54) is 32.1 Å². The summed E-state index contributed by atoms with van der Waals surface area (Å²) < 4.78 is 5.45. The molecule has 1 aliphatic carbocycles. The summed E-state index contributed by atoms with van der Waals surface area (Å²) in [6.07, 6.45) is 7.76. The first kappa shape index (κ1) is 17.9. The van der Waals surface area contributed by atoms with Crippen LogP contribution in [0.15, 0.2) is 10.5 Å². The number of rotatable bonds is 7. The van der Waals surface area contributed by atoms with Gasteiger partial charge < -0.3 is 20.0 Å². The lowest BCUT2D eigenvalue weighted by Crippen LogP contribution is -2.38. The van der Waals surface area contributed by atoms with Gasteiger partial charge in [0.2, 0.25) is 0 Å². The standard InChI is InChI=1S/C18H31N3O2/c1-14-12-16(15(2)23-14)13-20-18(22)19-10-7-11-21(3)17-8-5-4-6-9-17/h12,17H,4-11,13H2,1-3H3,(H2,19,20,22). The van der Waals surface area contributed by atoms with Gasteiger partial charge in [0.25, 0.3) is 0 Å². The van der Waals surface area contributed by atoms with Gasteiger partial charge in [-0.1, -0.05) is 19.3 Å². The second kappa shape index (κ2) is 8.96. The molecule has 1 aliphatic rings. The van der Waals surface area contributed by atoms with Crippen LogP contribution in [0.1, 0.15) is 55.6 Å². The Balaban J connectivity index is 1.56. The van der Waals surface area contributed by atoms with Gasteiger partial charge in [0.15, 0.2) is 0 Å². The molecule has 0 unspecified atom stereocenters. The van der Waals surface area contributed by atoms with Crippen molar-refractivity contribution in [1.29, 1.82) is 0 Å². The Morgan fingerprint density at radius 2 is 2.00 bits per heavy atom. The SMILES string of the molecule is Cc1cc(CNC(=O)NCCCN(C)C2CCCCC2)c(C)o1. The average Bonchev–Trinajstić information content (AvgIpc) is 2.88. The number of carbonyl (C=O) groups is 1. The lowest BCUT2D eigenvalue weighted by Gasteiger charge is -2.31. The van der Waals surface area contributed by atoms with Crippen molar-refractivity contribution in [2.24, 2.45) is 0 Å². The third kappa shape index (κ3) is 5.90. The highest BCUT2D eigenvalue weighted by atomic mass is 16.3. The number of carbonyl (C=O) groups excluding carboxylic acids is 1. The molecule has 2 rings (SSSR count). The Morgan fingerprint density at radius 3 is 2.65 bits per heavy atom. The largest absolute Gasteiger partial charge is 0.466 e. The van der Waals surface area contributed by atoms with Crippen molar-refractivity contribution in [1.82, 2.24) is 15.5 Å². The topological polar surface area (TPSA) is 57.5 Å². The van der Waals surface area contributed by atoms with Gasteiger partial charge in [-0.05, 0) is 52.8 Å². The molecule has 0 saturated heterocycles. The van der Waals surface area contributed by atoms with Gasteiger partial charge >= 0.3 is 6.03 Å². The molecule has 0 atom stereocenters. The summed E-state index contributed by atoms with van der Waals surface area (Å²) in [5.41, 5.74) is 1.04. The molecule has 0 radical (unpaired) electrons. The number of nitrogens with one attached hydrogen (secondary N) is 2. The predicted octanol–water partition coefficient (Wildman–Crippen LogP) is 3.35. The molecule has 0 aromatic carbocycles. The van der Waals surface area contributed by atoms with E-state index in [-0.39, 0.29) is 6.03 Å². The highest BCUT2D eigenvalue weighted by Crippen LogP contribution is 2.21. The Kier molecular flexibility index (Phi) is 6.96. The average molecular weight is 321 g/mol. The van der Waals surface area contributed by atoms with Crippen LogP contribution in [0.4, 0.5) is 4.79 Å². The van der Waals surface area contributed by atoms with Crippen molar-refractivity contribution in [3.8, 4) is 0 Å². The van der Waals surface area contributed by atoms with Crippen molar-refractivity contribution in [3.63, 3.8) is 0 Å². The molecule has 1 saturated carbocycles. The highest BCUT2D eigenvalue weighted by Gasteiger charge is 2.17. The summed E-state index contributed by atoms with van der Waals surface area (Å²) in [5, 5.41) is 5.81. The van der Waals surface area contributed by atoms with Crippen molar-refractivity contribution in [2.75, 3.05) is 20.1 Å². The molecule has 130 valence electrons. The normalized spacial score (nSPS) is 15.8. The summed E-state index contributed by atoms with van der Waals surface area (Å²) >= 11 is 0. The van der Waals surface area contributed by atoms with Crippen LogP contribution < -0.4 is 10.6 Å². The second-order valence-electron chi connectivity index (χ2n) is 6.67. The third-order valence-electron chi connectivity index (χ3n) is 4.75. The molecule has 1 fully saturated rings. The zero-order valence-corrected chi connectivity index (χ0v) is 14.8. The van der Waals surface area contributed by atoms with Gasteiger partial charge in [-0.2, -0.15) is 0 Å². The number of hydrogen-bond acceptors (Lipinski definition) is 3. The van der Waals surface area contributed by atoms with Gasteiger partial charge in [-0.3, -0.25) is 0 Å². The fourth-order valence-electron chi connectivity index (χ4n) is 3.33. The van der Waals surface area contributed by atoms with Gasteiger partial charge in [0, 0.05) is 24.7 Å². The number of hydrogen-bond donors (Lipinski definition) is 2. The minimum atomic E-state index is -0.108. The maximum Gasteiger partial charge on any atom is 0.315 e.